The number of ether oxygens (including phenoxy) is 2. The zero-order valence-corrected chi connectivity index (χ0v) is 14.0. The average Bonchev–Trinajstić information content (AvgIpc) is 2.96. The van der Waals surface area contributed by atoms with Gasteiger partial charge in [0.15, 0.2) is 0 Å². The van der Waals surface area contributed by atoms with Gasteiger partial charge in [0.2, 0.25) is 5.88 Å². The minimum atomic E-state index is 0.119. The van der Waals surface area contributed by atoms with Crippen LogP contribution in [-0.4, -0.2) is 46.9 Å². The van der Waals surface area contributed by atoms with Crippen molar-refractivity contribution in [1.82, 2.24) is 14.5 Å². The number of pyridine rings is 1. The molecular formula is C19H25N3O2. The summed E-state index contributed by atoms with van der Waals surface area (Å²) < 4.78 is 14.0. The summed E-state index contributed by atoms with van der Waals surface area (Å²) in [6, 6.07) is 10.2. The molecule has 0 aliphatic carbocycles. The third kappa shape index (κ3) is 3.79. The molecule has 2 aromatic rings. The molecule has 128 valence electrons. The summed E-state index contributed by atoms with van der Waals surface area (Å²) in [6.45, 7) is 5.74. The molecule has 1 saturated heterocycles. The van der Waals surface area contributed by atoms with Crippen molar-refractivity contribution in [3.8, 4) is 5.88 Å². The van der Waals surface area contributed by atoms with E-state index in [0.717, 1.165) is 45.3 Å². The van der Waals surface area contributed by atoms with Gasteiger partial charge in [0.1, 0.15) is 6.10 Å². The molecule has 0 radical (unpaired) electrons. The molecule has 0 aromatic carbocycles. The lowest BCUT2D eigenvalue weighted by Gasteiger charge is -2.30. The molecule has 4 heterocycles. The molecule has 0 saturated carbocycles. The Morgan fingerprint density at radius 2 is 2.04 bits per heavy atom. The van der Waals surface area contributed by atoms with E-state index in [1.807, 2.05) is 18.2 Å². The molecule has 4 rings (SSSR count). The molecule has 24 heavy (non-hydrogen) atoms. The fourth-order valence-electron chi connectivity index (χ4n) is 3.73. The van der Waals surface area contributed by atoms with E-state index in [0.29, 0.717) is 5.88 Å². The van der Waals surface area contributed by atoms with Crippen LogP contribution in [0.1, 0.15) is 18.5 Å². The maximum atomic E-state index is 6.18. The highest BCUT2D eigenvalue weighted by Crippen LogP contribution is 2.21. The van der Waals surface area contributed by atoms with Gasteiger partial charge in [0, 0.05) is 57.0 Å². The van der Waals surface area contributed by atoms with Crippen molar-refractivity contribution in [2.24, 2.45) is 5.92 Å². The van der Waals surface area contributed by atoms with Crippen LogP contribution in [0, 0.1) is 5.92 Å². The molecule has 1 fully saturated rings. The molecule has 0 bridgehead atoms. The van der Waals surface area contributed by atoms with Crippen molar-refractivity contribution in [1.29, 1.82) is 0 Å². The van der Waals surface area contributed by atoms with Crippen LogP contribution in [0.15, 0.2) is 42.7 Å². The first kappa shape index (κ1) is 15.7. The van der Waals surface area contributed by atoms with Crippen molar-refractivity contribution in [2.45, 2.75) is 32.0 Å². The fraction of sp³-hybridized carbons (Fsp3) is 0.526. The Balaban J connectivity index is 1.47. The van der Waals surface area contributed by atoms with E-state index >= 15 is 0 Å². The van der Waals surface area contributed by atoms with E-state index in [1.165, 1.54) is 18.5 Å². The van der Waals surface area contributed by atoms with E-state index in [2.05, 4.69) is 32.8 Å². The molecule has 5 heteroatoms. The van der Waals surface area contributed by atoms with Gasteiger partial charge in [0.05, 0.1) is 6.54 Å². The Morgan fingerprint density at radius 1 is 1.12 bits per heavy atom. The van der Waals surface area contributed by atoms with Gasteiger partial charge in [-0.25, -0.2) is 4.98 Å². The second-order valence-corrected chi connectivity index (χ2v) is 6.81. The Labute approximate surface area is 143 Å². The predicted octanol–water partition coefficient (Wildman–Crippen LogP) is 2.57. The fourth-order valence-corrected chi connectivity index (χ4v) is 3.73. The largest absolute Gasteiger partial charge is 0.471 e. The monoisotopic (exact) mass is 327 g/mol. The summed E-state index contributed by atoms with van der Waals surface area (Å²) in [6.07, 6.45) is 6.40. The lowest BCUT2D eigenvalue weighted by atomic mass is 9.99. The maximum Gasteiger partial charge on any atom is 0.213 e. The highest BCUT2D eigenvalue weighted by Gasteiger charge is 2.25. The first-order valence-corrected chi connectivity index (χ1v) is 8.88. The quantitative estimate of drug-likeness (QED) is 0.865. The Morgan fingerprint density at radius 3 is 2.88 bits per heavy atom. The number of nitrogens with zero attached hydrogens (tertiary/aromatic N) is 3. The van der Waals surface area contributed by atoms with Crippen molar-refractivity contribution in [3.63, 3.8) is 0 Å². The summed E-state index contributed by atoms with van der Waals surface area (Å²) in [4.78, 5) is 6.87. The second-order valence-electron chi connectivity index (χ2n) is 6.81. The van der Waals surface area contributed by atoms with E-state index < -0.39 is 0 Å². The van der Waals surface area contributed by atoms with E-state index in [1.54, 1.807) is 6.20 Å². The highest BCUT2D eigenvalue weighted by molar-refractivity contribution is 5.12. The van der Waals surface area contributed by atoms with E-state index in [9.17, 15) is 0 Å². The molecule has 2 aliphatic rings. The minimum absolute atomic E-state index is 0.119. The van der Waals surface area contributed by atoms with Gasteiger partial charge in [-0.1, -0.05) is 6.07 Å². The predicted molar refractivity (Wildman–Crippen MR) is 91.9 cm³/mol. The third-order valence-corrected chi connectivity index (χ3v) is 4.95. The topological polar surface area (TPSA) is 39.5 Å². The number of hydrogen-bond donors (Lipinski definition) is 0. The normalized spacial score (nSPS) is 22.8. The summed E-state index contributed by atoms with van der Waals surface area (Å²) in [7, 11) is 0. The van der Waals surface area contributed by atoms with Crippen molar-refractivity contribution >= 4 is 0 Å². The van der Waals surface area contributed by atoms with Crippen LogP contribution >= 0.6 is 0 Å². The first-order valence-electron chi connectivity index (χ1n) is 8.88. The smallest absolute Gasteiger partial charge is 0.213 e. The number of hydrogen-bond acceptors (Lipinski definition) is 4. The van der Waals surface area contributed by atoms with Gasteiger partial charge in [0.25, 0.3) is 0 Å². The standard InChI is InChI=1S/C19H25N3O2/c1-2-8-20-19(5-1)24-18-14-21(12-16-6-10-23-11-7-16)13-17-4-3-9-22(17)15-18/h1-5,8-9,16,18H,6-7,10-15H2. The van der Waals surface area contributed by atoms with Gasteiger partial charge in [-0.2, -0.15) is 0 Å². The number of fused-ring (bicyclic) bond motifs is 1. The molecule has 2 aliphatic heterocycles. The molecule has 0 spiro atoms. The zero-order valence-electron chi connectivity index (χ0n) is 14.0. The van der Waals surface area contributed by atoms with Gasteiger partial charge in [-0.15, -0.1) is 0 Å². The lowest BCUT2D eigenvalue weighted by molar-refractivity contribution is 0.0439. The number of rotatable bonds is 4. The van der Waals surface area contributed by atoms with Crippen LogP contribution in [0.5, 0.6) is 5.88 Å². The van der Waals surface area contributed by atoms with Crippen LogP contribution in [-0.2, 0) is 17.8 Å². The van der Waals surface area contributed by atoms with Crippen LogP contribution in [0.2, 0.25) is 0 Å². The van der Waals surface area contributed by atoms with Crippen LogP contribution < -0.4 is 4.74 Å². The summed E-state index contributed by atoms with van der Waals surface area (Å²) in [5, 5.41) is 0. The van der Waals surface area contributed by atoms with Crippen molar-refractivity contribution in [3.05, 3.63) is 48.4 Å². The van der Waals surface area contributed by atoms with Crippen molar-refractivity contribution in [2.75, 3.05) is 26.3 Å². The third-order valence-electron chi connectivity index (χ3n) is 4.95. The summed E-state index contributed by atoms with van der Waals surface area (Å²) in [5.41, 5.74) is 1.37. The van der Waals surface area contributed by atoms with Crippen LogP contribution in [0.4, 0.5) is 0 Å². The lowest BCUT2D eigenvalue weighted by Crippen LogP contribution is -2.38. The van der Waals surface area contributed by atoms with Gasteiger partial charge >= 0.3 is 0 Å². The van der Waals surface area contributed by atoms with Gasteiger partial charge in [-0.05, 0) is 37.0 Å². The SMILES string of the molecule is c1ccc(OC2CN(CC3CCOCC3)Cc3cccn3C2)nc1. The Hall–Kier alpha value is -1.85. The maximum absolute atomic E-state index is 6.18. The molecule has 1 atom stereocenters. The van der Waals surface area contributed by atoms with E-state index in [4.69, 9.17) is 9.47 Å². The van der Waals surface area contributed by atoms with Gasteiger partial charge in [-0.3, -0.25) is 4.90 Å². The summed E-state index contributed by atoms with van der Waals surface area (Å²) >= 11 is 0. The minimum Gasteiger partial charge on any atom is -0.471 e. The zero-order chi connectivity index (χ0) is 16.2. The first-order chi connectivity index (χ1) is 11.9. The number of aromatic nitrogens is 2. The van der Waals surface area contributed by atoms with Gasteiger partial charge < -0.3 is 14.0 Å². The van der Waals surface area contributed by atoms with Crippen LogP contribution in [0.25, 0.3) is 0 Å². The highest BCUT2D eigenvalue weighted by atomic mass is 16.5. The molecule has 2 aromatic heterocycles. The Bertz CT molecular complexity index is 637. The summed E-state index contributed by atoms with van der Waals surface area (Å²) in [5.74, 6) is 1.44. The molecule has 1 unspecified atom stereocenters. The second kappa shape index (κ2) is 7.36. The molecule has 5 nitrogen and oxygen atoms in total. The molecule has 0 N–H and O–H groups in total. The average molecular weight is 327 g/mol. The van der Waals surface area contributed by atoms with E-state index in [-0.39, 0.29) is 6.10 Å². The van der Waals surface area contributed by atoms with Crippen LogP contribution in [0.3, 0.4) is 0 Å². The Kier molecular flexibility index (Phi) is 4.81. The van der Waals surface area contributed by atoms with Crippen molar-refractivity contribution < 1.29 is 9.47 Å². The molecular weight excluding hydrogens is 302 g/mol. The molecule has 0 amide bonds.